The minimum absolute atomic E-state index is 0.178. The van der Waals surface area contributed by atoms with Crippen LogP contribution in [0.2, 0.25) is 0 Å². The van der Waals surface area contributed by atoms with Gasteiger partial charge in [0, 0.05) is 0 Å². The van der Waals surface area contributed by atoms with Crippen LogP contribution in [0.15, 0.2) is 35.7 Å². The summed E-state index contributed by atoms with van der Waals surface area (Å²) in [4.78, 5) is 29.1. The zero-order valence-corrected chi connectivity index (χ0v) is 14.7. The molecule has 0 saturated carbocycles. The molecule has 0 aliphatic carbocycles. The molecule has 2 heterocycles. The van der Waals surface area contributed by atoms with Crippen molar-refractivity contribution in [2.45, 2.75) is 19.8 Å². The van der Waals surface area contributed by atoms with Crippen molar-refractivity contribution < 1.29 is 14.3 Å². The number of thiazole rings is 1. The molecule has 24 heavy (non-hydrogen) atoms. The number of rotatable bonds is 6. The van der Waals surface area contributed by atoms with Gasteiger partial charge in [0.25, 0.3) is 5.91 Å². The number of benzene rings is 1. The number of aromatic nitrogens is 1. The molecule has 124 valence electrons. The minimum atomic E-state index is -0.331. The molecule has 0 aliphatic rings. The molecule has 0 aliphatic heterocycles. The van der Waals surface area contributed by atoms with E-state index in [4.69, 9.17) is 4.74 Å². The van der Waals surface area contributed by atoms with E-state index < -0.39 is 0 Å². The number of thiophene rings is 1. The summed E-state index contributed by atoms with van der Waals surface area (Å²) in [6.45, 7) is 2.47. The first-order valence-electron chi connectivity index (χ1n) is 7.60. The van der Waals surface area contributed by atoms with Crippen molar-refractivity contribution in [2.24, 2.45) is 0 Å². The molecule has 3 rings (SSSR count). The van der Waals surface area contributed by atoms with Gasteiger partial charge < -0.3 is 4.74 Å². The SMILES string of the molecule is CCCCOC(=O)c1ccc2nc(NC(=O)c3cccs3)sc2c1. The van der Waals surface area contributed by atoms with E-state index in [1.807, 2.05) is 18.4 Å². The van der Waals surface area contributed by atoms with Crippen LogP contribution >= 0.6 is 22.7 Å². The normalized spacial score (nSPS) is 10.7. The molecule has 0 spiro atoms. The summed E-state index contributed by atoms with van der Waals surface area (Å²) in [5.74, 6) is -0.508. The molecular weight excluding hydrogens is 344 g/mol. The summed E-state index contributed by atoms with van der Waals surface area (Å²) in [6.07, 6.45) is 1.84. The number of fused-ring (bicyclic) bond motifs is 1. The Bertz CT molecular complexity index is 856. The van der Waals surface area contributed by atoms with E-state index in [1.165, 1.54) is 22.7 Å². The first-order valence-corrected chi connectivity index (χ1v) is 9.29. The van der Waals surface area contributed by atoms with Crippen LogP contribution in [-0.4, -0.2) is 23.5 Å². The Kier molecular flexibility index (Phi) is 5.22. The van der Waals surface area contributed by atoms with Gasteiger partial charge in [-0.2, -0.15) is 0 Å². The topological polar surface area (TPSA) is 68.3 Å². The van der Waals surface area contributed by atoms with Gasteiger partial charge in [0.1, 0.15) is 0 Å². The molecule has 7 heteroatoms. The highest BCUT2D eigenvalue weighted by Crippen LogP contribution is 2.27. The van der Waals surface area contributed by atoms with Gasteiger partial charge in [-0.25, -0.2) is 9.78 Å². The van der Waals surface area contributed by atoms with Crippen LogP contribution in [0, 0.1) is 0 Å². The Morgan fingerprint density at radius 2 is 2.17 bits per heavy atom. The van der Waals surface area contributed by atoms with Gasteiger partial charge in [-0.15, -0.1) is 11.3 Å². The highest BCUT2D eigenvalue weighted by Gasteiger charge is 2.13. The number of anilines is 1. The van der Waals surface area contributed by atoms with Crippen molar-refractivity contribution in [1.29, 1.82) is 0 Å². The Hall–Kier alpha value is -2.25. The lowest BCUT2D eigenvalue weighted by Gasteiger charge is -2.03. The number of carbonyl (C=O) groups is 2. The average molecular weight is 360 g/mol. The van der Waals surface area contributed by atoms with Crippen molar-refractivity contribution in [2.75, 3.05) is 11.9 Å². The van der Waals surface area contributed by atoms with E-state index in [0.717, 1.165) is 23.1 Å². The Morgan fingerprint density at radius 1 is 1.29 bits per heavy atom. The smallest absolute Gasteiger partial charge is 0.338 e. The van der Waals surface area contributed by atoms with Gasteiger partial charge in [-0.1, -0.05) is 30.7 Å². The Labute approximate surface area is 147 Å². The van der Waals surface area contributed by atoms with Gasteiger partial charge in [-0.05, 0) is 36.1 Å². The van der Waals surface area contributed by atoms with Gasteiger partial charge in [0.15, 0.2) is 5.13 Å². The lowest BCUT2D eigenvalue weighted by atomic mass is 10.2. The van der Waals surface area contributed by atoms with E-state index in [-0.39, 0.29) is 11.9 Å². The predicted octanol–water partition coefficient (Wildman–Crippen LogP) is 4.57. The number of esters is 1. The standard InChI is InChI=1S/C17H16N2O3S2/c1-2-3-8-22-16(21)11-6-7-12-14(10-11)24-17(18-12)19-15(20)13-5-4-9-23-13/h4-7,9-10H,2-3,8H2,1H3,(H,18,19,20). The maximum atomic E-state index is 12.1. The van der Waals surface area contributed by atoms with Crippen LogP contribution in [0.1, 0.15) is 39.8 Å². The molecule has 3 aromatic rings. The van der Waals surface area contributed by atoms with E-state index >= 15 is 0 Å². The number of nitrogens with zero attached hydrogens (tertiary/aromatic N) is 1. The zero-order chi connectivity index (χ0) is 16.9. The van der Waals surface area contributed by atoms with Crippen molar-refractivity contribution in [3.63, 3.8) is 0 Å². The third-order valence-corrected chi connectivity index (χ3v) is 5.12. The summed E-state index contributed by atoms with van der Waals surface area (Å²) in [7, 11) is 0. The second-order valence-corrected chi connectivity index (χ2v) is 7.10. The number of carbonyl (C=O) groups excluding carboxylic acids is 2. The molecule has 0 unspecified atom stereocenters. The summed E-state index contributed by atoms with van der Waals surface area (Å²) in [5.41, 5.74) is 1.24. The molecule has 5 nitrogen and oxygen atoms in total. The van der Waals surface area contributed by atoms with Crippen LogP contribution in [-0.2, 0) is 4.74 Å². The lowest BCUT2D eigenvalue weighted by molar-refractivity contribution is 0.0500. The number of ether oxygens (including phenoxy) is 1. The fraction of sp³-hybridized carbons (Fsp3) is 0.235. The second-order valence-electron chi connectivity index (χ2n) is 5.12. The van der Waals surface area contributed by atoms with Crippen molar-refractivity contribution >= 4 is 49.9 Å². The van der Waals surface area contributed by atoms with E-state index in [0.29, 0.717) is 22.2 Å². The van der Waals surface area contributed by atoms with Crippen molar-refractivity contribution in [3.8, 4) is 0 Å². The zero-order valence-electron chi connectivity index (χ0n) is 13.1. The first-order chi connectivity index (χ1) is 11.7. The van der Waals surface area contributed by atoms with Gasteiger partial charge in [-0.3, -0.25) is 10.1 Å². The number of hydrogen-bond acceptors (Lipinski definition) is 6. The fourth-order valence-electron chi connectivity index (χ4n) is 2.06. The Morgan fingerprint density at radius 3 is 2.92 bits per heavy atom. The molecule has 0 fully saturated rings. The summed E-state index contributed by atoms with van der Waals surface area (Å²) >= 11 is 2.71. The summed E-state index contributed by atoms with van der Waals surface area (Å²) in [5, 5.41) is 5.15. The number of unbranched alkanes of at least 4 members (excludes halogenated alkanes) is 1. The maximum Gasteiger partial charge on any atom is 0.338 e. The molecule has 2 aromatic heterocycles. The van der Waals surface area contributed by atoms with Crippen LogP contribution in [0.5, 0.6) is 0 Å². The molecule has 0 saturated heterocycles. The summed E-state index contributed by atoms with van der Waals surface area (Å²) < 4.78 is 6.05. The molecular formula is C17H16N2O3S2. The van der Waals surface area contributed by atoms with Crippen LogP contribution in [0.3, 0.4) is 0 Å². The molecule has 0 bridgehead atoms. The average Bonchev–Trinajstić information content (AvgIpc) is 3.23. The molecule has 1 amide bonds. The highest BCUT2D eigenvalue weighted by atomic mass is 32.1. The van der Waals surface area contributed by atoms with Crippen LogP contribution < -0.4 is 5.32 Å². The van der Waals surface area contributed by atoms with Gasteiger partial charge >= 0.3 is 5.97 Å². The predicted molar refractivity (Wildman–Crippen MR) is 97.1 cm³/mol. The third kappa shape index (κ3) is 3.80. The van der Waals surface area contributed by atoms with Crippen LogP contribution in [0.25, 0.3) is 10.2 Å². The van der Waals surface area contributed by atoms with Gasteiger partial charge in [0.05, 0.1) is 27.3 Å². The van der Waals surface area contributed by atoms with Crippen LogP contribution in [0.4, 0.5) is 5.13 Å². The number of hydrogen-bond donors (Lipinski definition) is 1. The molecule has 1 N–H and O–H groups in total. The number of nitrogens with one attached hydrogen (secondary N) is 1. The minimum Gasteiger partial charge on any atom is -0.462 e. The largest absolute Gasteiger partial charge is 0.462 e. The Balaban J connectivity index is 1.74. The van der Waals surface area contributed by atoms with Crippen molar-refractivity contribution in [3.05, 3.63) is 46.2 Å². The van der Waals surface area contributed by atoms with E-state index in [1.54, 1.807) is 24.3 Å². The first kappa shape index (κ1) is 16.6. The fourth-order valence-corrected chi connectivity index (χ4v) is 3.58. The number of amides is 1. The third-order valence-electron chi connectivity index (χ3n) is 3.32. The van der Waals surface area contributed by atoms with E-state index in [2.05, 4.69) is 10.3 Å². The lowest BCUT2D eigenvalue weighted by Crippen LogP contribution is -2.09. The van der Waals surface area contributed by atoms with Gasteiger partial charge in [0.2, 0.25) is 0 Å². The van der Waals surface area contributed by atoms with E-state index in [9.17, 15) is 9.59 Å². The maximum absolute atomic E-state index is 12.1. The quantitative estimate of drug-likeness (QED) is 0.516. The highest BCUT2D eigenvalue weighted by molar-refractivity contribution is 7.22. The second kappa shape index (κ2) is 7.55. The van der Waals surface area contributed by atoms with Crippen molar-refractivity contribution in [1.82, 2.24) is 4.98 Å². The summed E-state index contributed by atoms with van der Waals surface area (Å²) in [6, 6.07) is 8.80. The monoisotopic (exact) mass is 360 g/mol. The molecule has 0 radical (unpaired) electrons. The molecule has 1 aromatic carbocycles. The molecule has 0 atom stereocenters.